The summed E-state index contributed by atoms with van der Waals surface area (Å²) in [5.41, 5.74) is 1.85. The van der Waals surface area contributed by atoms with Gasteiger partial charge in [-0.2, -0.15) is 0 Å². The highest BCUT2D eigenvalue weighted by molar-refractivity contribution is 7.13. The molecule has 106 valence electrons. The van der Waals surface area contributed by atoms with Crippen molar-refractivity contribution in [2.75, 3.05) is 6.54 Å². The molecule has 5 heteroatoms. The van der Waals surface area contributed by atoms with Crippen LogP contribution in [0.3, 0.4) is 0 Å². The molecule has 20 heavy (non-hydrogen) atoms. The fourth-order valence-corrected chi connectivity index (χ4v) is 2.92. The van der Waals surface area contributed by atoms with Crippen molar-refractivity contribution in [3.05, 3.63) is 51.5 Å². The third kappa shape index (κ3) is 3.65. The van der Waals surface area contributed by atoms with Gasteiger partial charge in [0.2, 0.25) is 0 Å². The van der Waals surface area contributed by atoms with Gasteiger partial charge in [0.1, 0.15) is 4.88 Å². The van der Waals surface area contributed by atoms with Crippen LogP contribution in [-0.4, -0.2) is 22.6 Å². The molecule has 2 N–H and O–H groups in total. The van der Waals surface area contributed by atoms with Gasteiger partial charge < -0.3 is 10.4 Å². The van der Waals surface area contributed by atoms with Crippen molar-refractivity contribution in [3.63, 3.8) is 0 Å². The molecule has 1 atom stereocenters. The highest BCUT2D eigenvalue weighted by Crippen LogP contribution is 2.18. The Balaban J connectivity index is 1.87. The lowest BCUT2D eigenvalue weighted by Gasteiger charge is -2.13. The van der Waals surface area contributed by atoms with Crippen LogP contribution in [0.25, 0.3) is 0 Å². The van der Waals surface area contributed by atoms with Crippen molar-refractivity contribution in [1.82, 2.24) is 10.3 Å². The van der Waals surface area contributed by atoms with E-state index in [1.165, 1.54) is 16.9 Å². The van der Waals surface area contributed by atoms with Crippen LogP contribution in [0.1, 0.15) is 38.9 Å². The zero-order valence-electron chi connectivity index (χ0n) is 11.6. The number of nitrogens with one attached hydrogen (secondary N) is 1. The number of aromatic nitrogens is 1. The summed E-state index contributed by atoms with van der Waals surface area (Å²) in [6.07, 6.45) is 0.746. The van der Waals surface area contributed by atoms with Crippen LogP contribution in [0, 0.1) is 6.92 Å². The lowest BCUT2D eigenvalue weighted by atomic mass is 10.1. The highest BCUT2D eigenvalue weighted by Gasteiger charge is 2.13. The van der Waals surface area contributed by atoms with E-state index in [0.717, 1.165) is 18.0 Å². The van der Waals surface area contributed by atoms with Gasteiger partial charge in [-0.05, 0) is 19.4 Å². The second kappa shape index (κ2) is 6.63. The van der Waals surface area contributed by atoms with Gasteiger partial charge in [-0.25, -0.2) is 9.78 Å². The minimum Gasteiger partial charge on any atom is -0.477 e. The molecule has 2 rings (SSSR count). The first-order valence-corrected chi connectivity index (χ1v) is 7.37. The molecule has 0 aliphatic heterocycles. The first-order chi connectivity index (χ1) is 9.58. The van der Waals surface area contributed by atoms with Gasteiger partial charge in [0, 0.05) is 19.0 Å². The molecule has 0 bridgehead atoms. The van der Waals surface area contributed by atoms with Crippen LogP contribution < -0.4 is 5.32 Å². The van der Waals surface area contributed by atoms with Gasteiger partial charge in [0.25, 0.3) is 0 Å². The maximum absolute atomic E-state index is 11.0. The van der Waals surface area contributed by atoms with Gasteiger partial charge >= 0.3 is 5.97 Å². The minimum atomic E-state index is -0.892. The summed E-state index contributed by atoms with van der Waals surface area (Å²) in [5, 5.41) is 13.3. The fourth-order valence-electron chi connectivity index (χ4n) is 2.01. The Kier molecular flexibility index (Phi) is 4.87. The third-order valence-electron chi connectivity index (χ3n) is 3.12. The summed E-state index contributed by atoms with van der Waals surface area (Å²) < 4.78 is 0. The Morgan fingerprint density at radius 2 is 2.10 bits per heavy atom. The second-order valence-electron chi connectivity index (χ2n) is 4.66. The Bertz CT molecular complexity index is 581. The van der Waals surface area contributed by atoms with E-state index in [-0.39, 0.29) is 6.04 Å². The average molecular weight is 290 g/mol. The predicted octanol–water partition coefficient (Wildman–Crippen LogP) is 3.04. The number of nitrogens with zero attached hydrogens (tertiary/aromatic N) is 1. The number of thiazole rings is 1. The molecule has 0 saturated heterocycles. The van der Waals surface area contributed by atoms with Crippen LogP contribution in [0.5, 0.6) is 0 Å². The third-order valence-corrected chi connectivity index (χ3v) is 4.33. The Labute approximate surface area is 122 Å². The molecule has 1 aromatic heterocycles. The summed E-state index contributed by atoms with van der Waals surface area (Å²) >= 11 is 1.26. The van der Waals surface area contributed by atoms with Gasteiger partial charge in [0.05, 0.1) is 10.7 Å². The smallest absolute Gasteiger partial charge is 0.347 e. The number of carboxylic acid groups (broad SMARTS) is 1. The average Bonchev–Trinajstić information content (AvgIpc) is 2.81. The highest BCUT2D eigenvalue weighted by atomic mass is 32.1. The van der Waals surface area contributed by atoms with E-state index in [4.69, 9.17) is 5.11 Å². The van der Waals surface area contributed by atoms with E-state index >= 15 is 0 Å². The van der Waals surface area contributed by atoms with E-state index in [2.05, 4.69) is 29.4 Å². The number of benzene rings is 1. The zero-order valence-corrected chi connectivity index (χ0v) is 12.4. The molecule has 0 radical (unpaired) electrons. The quantitative estimate of drug-likeness (QED) is 0.858. The Hall–Kier alpha value is -1.72. The van der Waals surface area contributed by atoms with E-state index in [1.54, 1.807) is 6.92 Å². The number of hydrogen-bond donors (Lipinski definition) is 2. The van der Waals surface area contributed by atoms with E-state index < -0.39 is 5.97 Å². The fraction of sp³-hybridized carbons (Fsp3) is 0.333. The Morgan fingerprint density at radius 3 is 2.70 bits per heavy atom. The van der Waals surface area contributed by atoms with Gasteiger partial charge in [-0.3, -0.25) is 0 Å². The lowest BCUT2D eigenvalue weighted by molar-refractivity contribution is 0.0701. The molecule has 0 aliphatic carbocycles. The van der Waals surface area contributed by atoms with Crippen molar-refractivity contribution in [3.8, 4) is 0 Å². The van der Waals surface area contributed by atoms with Crippen LogP contribution in [0.15, 0.2) is 30.3 Å². The first-order valence-electron chi connectivity index (χ1n) is 6.56. The summed E-state index contributed by atoms with van der Waals surface area (Å²) in [5.74, 6) is -0.892. The van der Waals surface area contributed by atoms with Crippen molar-refractivity contribution in [2.45, 2.75) is 26.3 Å². The van der Waals surface area contributed by atoms with Crippen LogP contribution in [0.2, 0.25) is 0 Å². The van der Waals surface area contributed by atoms with Crippen LogP contribution in [-0.2, 0) is 6.42 Å². The zero-order chi connectivity index (χ0) is 14.5. The molecular formula is C15H18N2O2S. The summed E-state index contributed by atoms with van der Waals surface area (Å²) in [6, 6.07) is 10.5. The first kappa shape index (κ1) is 14.7. The maximum atomic E-state index is 11.0. The maximum Gasteiger partial charge on any atom is 0.347 e. The molecule has 1 aromatic carbocycles. The van der Waals surface area contributed by atoms with Crippen molar-refractivity contribution >= 4 is 17.3 Å². The summed E-state index contributed by atoms with van der Waals surface area (Å²) in [6.45, 7) is 4.64. The normalized spacial score (nSPS) is 12.3. The largest absolute Gasteiger partial charge is 0.477 e. The molecule has 0 saturated carbocycles. The van der Waals surface area contributed by atoms with E-state index in [9.17, 15) is 4.79 Å². The topological polar surface area (TPSA) is 62.2 Å². The summed E-state index contributed by atoms with van der Waals surface area (Å²) in [4.78, 5) is 15.6. The molecule has 4 nitrogen and oxygen atoms in total. The molecule has 2 aromatic rings. The minimum absolute atomic E-state index is 0.274. The molecule has 0 fully saturated rings. The predicted molar refractivity (Wildman–Crippen MR) is 80.4 cm³/mol. The SMILES string of the molecule is Cc1nc(CCNC(C)c2ccccc2)sc1C(=O)O. The van der Waals surface area contributed by atoms with Crippen molar-refractivity contribution < 1.29 is 9.90 Å². The lowest BCUT2D eigenvalue weighted by Crippen LogP contribution is -2.21. The monoisotopic (exact) mass is 290 g/mol. The molecule has 0 aliphatic rings. The van der Waals surface area contributed by atoms with E-state index in [0.29, 0.717) is 10.6 Å². The van der Waals surface area contributed by atoms with E-state index in [1.807, 2.05) is 18.2 Å². The number of rotatable bonds is 6. The molecule has 1 heterocycles. The van der Waals surface area contributed by atoms with Crippen molar-refractivity contribution in [2.24, 2.45) is 0 Å². The molecule has 1 unspecified atom stereocenters. The number of hydrogen-bond acceptors (Lipinski definition) is 4. The van der Waals surface area contributed by atoms with Crippen LogP contribution in [0.4, 0.5) is 0 Å². The molecular weight excluding hydrogens is 272 g/mol. The van der Waals surface area contributed by atoms with Crippen molar-refractivity contribution in [1.29, 1.82) is 0 Å². The second-order valence-corrected chi connectivity index (χ2v) is 5.75. The summed E-state index contributed by atoms with van der Waals surface area (Å²) in [7, 11) is 0. The van der Waals surface area contributed by atoms with Crippen LogP contribution >= 0.6 is 11.3 Å². The van der Waals surface area contributed by atoms with Gasteiger partial charge in [0.15, 0.2) is 0 Å². The Morgan fingerprint density at radius 1 is 1.40 bits per heavy atom. The standard InChI is InChI=1S/C15H18N2O2S/c1-10(12-6-4-3-5-7-12)16-9-8-13-17-11(2)14(20-13)15(18)19/h3-7,10,16H,8-9H2,1-2H3,(H,18,19). The van der Waals surface area contributed by atoms with Gasteiger partial charge in [-0.15, -0.1) is 11.3 Å². The number of carboxylic acids is 1. The molecule has 0 spiro atoms. The number of aryl methyl sites for hydroxylation is 1. The van der Waals surface area contributed by atoms with Gasteiger partial charge in [-0.1, -0.05) is 30.3 Å². The molecule has 0 amide bonds. The number of aromatic carboxylic acids is 1. The number of carbonyl (C=O) groups is 1.